The van der Waals surface area contributed by atoms with Crippen LogP contribution in [-0.4, -0.2) is 43.8 Å². The highest BCUT2D eigenvalue weighted by Crippen LogP contribution is 2.18. The molecule has 1 atom stereocenters. The second kappa shape index (κ2) is 8.85. The van der Waals surface area contributed by atoms with E-state index in [2.05, 4.69) is 5.32 Å². The number of ether oxygens (including phenoxy) is 3. The number of hydrogen-bond acceptors (Lipinski definition) is 5. The van der Waals surface area contributed by atoms with Gasteiger partial charge in [-0.05, 0) is 49.9 Å². The van der Waals surface area contributed by atoms with Crippen molar-refractivity contribution in [3.05, 3.63) is 29.8 Å². The number of hydrogen-bond donors (Lipinski definition) is 1. The largest absolute Gasteiger partial charge is 0.491 e. The molecule has 0 spiro atoms. The molecule has 1 heterocycles. The van der Waals surface area contributed by atoms with E-state index in [4.69, 9.17) is 14.2 Å². The first-order valence-electron chi connectivity index (χ1n) is 9.01. The molecule has 0 aromatic heterocycles. The molecule has 2 aliphatic rings. The third kappa shape index (κ3) is 5.46. The Hall–Kier alpha value is -2.08. The molecule has 25 heavy (non-hydrogen) atoms. The number of esters is 1. The molecule has 3 rings (SSSR count). The van der Waals surface area contributed by atoms with E-state index in [0.717, 1.165) is 45.1 Å². The number of benzene rings is 1. The molecule has 1 aliphatic carbocycles. The van der Waals surface area contributed by atoms with Crippen LogP contribution in [0.25, 0.3) is 0 Å². The van der Waals surface area contributed by atoms with Gasteiger partial charge in [0.15, 0.2) is 6.61 Å². The Bertz CT molecular complexity index is 574. The fourth-order valence-electron chi connectivity index (χ4n) is 3.21. The molecule has 1 N–H and O–H groups in total. The number of carbonyl (C=O) groups excluding carboxylic acids is 2. The van der Waals surface area contributed by atoms with Gasteiger partial charge in [0.2, 0.25) is 0 Å². The highest BCUT2D eigenvalue weighted by atomic mass is 16.5. The zero-order chi connectivity index (χ0) is 17.5. The van der Waals surface area contributed by atoms with Gasteiger partial charge in [0.25, 0.3) is 5.91 Å². The summed E-state index contributed by atoms with van der Waals surface area (Å²) >= 11 is 0. The molecular weight excluding hydrogens is 322 g/mol. The van der Waals surface area contributed by atoms with E-state index < -0.39 is 5.97 Å². The summed E-state index contributed by atoms with van der Waals surface area (Å²) in [6, 6.07) is 6.96. The van der Waals surface area contributed by atoms with Crippen LogP contribution in [-0.2, 0) is 14.3 Å². The van der Waals surface area contributed by atoms with E-state index in [1.165, 1.54) is 0 Å². The standard InChI is InChI=1S/C19H25NO5/c21-18(20-15-4-1-2-5-15)13-25-19(22)14-7-9-16(10-8-14)24-12-17-6-3-11-23-17/h7-10,15,17H,1-6,11-13H2,(H,20,21)/t17-/m0/s1. The maximum absolute atomic E-state index is 12.0. The van der Waals surface area contributed by atoms with Crippen molar-refractivity contribution in [2.45, 2.75) is 50.7 Å². The summed E-state index contributed by atoms with van der Waals surface area (Å²) < 4.78 is 16.2. The number of carbonyl (C=O) groups is 2. The van der Waals surface area contributed by atoms with E-state index in [1.54, 1.807) is 24.3 Å². The maximum Gasteiger partial charge on any atom is 0.338 e. The lowest BCUT2D eigenvalue weighted by Gasteiger charge is -2.12. The van der Waals surface area contributed by atoms with Gasteiger partial charge in [-0.3, -0.25) is 4.79 Å². The van der Waals surface area contributed by atoms with Gasteiger partial charge in [0, 0.05) is 12.6 Å². The average molecular weight is 347 g/mol. The van der Waals surface area contributed by atoms with Crippen molar-refractivity contribution in [1.82, 2.24) is 5.32 Å². The first kappa shape index (κ1) is 17.7. The van der Waals surface area contributed by atoms with E-state index in [9.17, 15) is 9.59 Å². The predicted molar refractivity (Wildman–Crippen MR) is 91.6 cm³/mol. The number of nitrogens with one attached hydrogen (secondary N) is 1. The number of rotatable bonds is 7. The van der Waals surface area contributed by atoms with Gasteiger partial charge in [0.1, 0.15) is 12.4 Å². The normalized spacial score (nSPS) is 20.4. The lowest BCUT2D eigenvalue weighted by atomic mass is 10.2. The lowest BCUT2D eigenvalue weighted by Crippen LogP contribution is -2.35. The van der Waals surface area contributed by atoms with Gasteiger partial charge in [-0.2, -0.15) is 0 Å². The van der Waals surface area contributed by atoms with E-state index >= 15 is 0 Å². The van der Waals surface area contributed by atoms with Crippen molar-refractivity contribution in [1.29, 1.82) is 0 Å². The lowest BCUT2D eigenvalue weighted by molar-refractivity contribution is -0.124. The molecule has 0 bridgehead atoms. The molecule has 1 saturated heterocycles. The van der Waals surface area contributed by atoms with Crippen molar-refractivity contribution in [3.63, 3.8) is 0 Å². The van der Waals surface area contributed by atoms with Crippen molar-refractivity contribution >= 4 is 11.9 Å². The Labute approximate surface area is 147 Å². The fraction of sp³-hybridized carbons (Fsp3) is 0.579. The van der Waals surface area contributed by atoms with Gasteiger partial charge in [0.05, 0.1) is 11.7 Å². The van der Waals surface area contributed by atoms with Crippen molar-refractivity contribution in [2.75, 3.05) is 19.8 Å². The molecular formula is C19H25NO5. The second-order valence-electron chi connectivity index (χ2n) is 6.60. The highest BCUT2D eigenvalue weighted by Gasteiger charge is 2.18. The Morgan fingerprint density at radius 1 is 1.08 bits per heavy atom. The average Bonchev–Trinajstić information content (AvgIpc) is 3.32. The molecule has 1 amide bonds. The fourth-order valence-corrected chi connectivity index (χ4v) is 3.21. The molecule has 1 aromatic rings. The Morgan fingerprint density at radius 2 is 1.84 bits per heavy atom. The van der Waals surface area contributed by atoms with Crippen molar-refractivity contribution in [2.24, 2.45) is 0 Å². The summed E-state index contributed by atoms with van der Waals surface area (Å²) in [5.74, 6) is -0.0601. The third-order valence-corrected chi connectivity index (χ3v) is 4.60. The van der Waals surface area contributed by atoms with E-state index in [-0.39, 0.29) is 24.7 Å². The zero-order valence-corrected chi connectivity index (χ0v) is 14.4. The molecule has 2 fully saturated rings. The van der Waals surface area contributed by atoms with Gasteiger partial charge < -0.3 is 19.5 Å². The summed E-state index contributed by atoms with van der Waals surface area (Å²) in [5, 5.41) is 2.89. The van der Waals surface area contributed by atoms with Crippen LogP contribution in [0.5, 0.6) is 5.75 Å². The van der Waals surface area contributed by atoms with Gasteiger partial charge in [-0.25, -0.2) is 4.79 Å². The quantitative estimate of drug-likeness (QED) is 0.767. The molecule has 136 valence electrons. The van der Waals surface area contributed by atoms with Crippen molar-refractivity contribution < 1.29 is 23.8 Å². The summed E-state index contributed by atoms with van der Waals surface area (Å²) in [6.45, 7) is 1.07. The van der Waals surface area contributed by atoms with Crippen LogP contribution in [0, 0.1) is 0 Å². The van der Waals surface area contributed by atoms with Crippen LogP contribution < -0.4 is 10.1 Å². The van der Waals surface area contributed by atoms with Gasteiger partial charge >= 0.3 is 5.97 Å². The molecule has 6 heteroatoms. The van der Waals surface area contributed by atoms with E-state index in [1.807, 2.05) is 0 Å². The molecule has 1 aromatic carbocycles. The third-order valence-electron chi connectivity index (χ3n) is 4.60. The Kier molecular flexibility index (Phi) is 6.28. The smallest absolute Gasteiger partial charge is 0.338 e. The summed E-state index contributed by atoms with van der Waals surface area (Å²) in [5.41, 5.74) is 0.401. The zero-order valence-electron chi connectivity index (χ0n) is 14.4. The molecule has 1 saturated carbocycles. The second-order valence-corrected chi connectivity index (χ2v) is 6.60. The highest BCUT2D eigenvalue weighted by molar-refractivity contribution is 5.91. The minimum absolute atomic E-state index is 0.156. The van der Waals surface area contributed by atoms with Crippen LogP contribution in [0.2, 0.25) is 0 Å². The summed E-state index contributed by atoms with van der Waals surface area (Å²) in [6.07, 6.45) is 6.56. The first-order valence-corrected chi connectivity index (χ1v) is 9.01. The minimum atomic E-state index is -0.507. The van der Waals surface area contributed by atoms with Gasteiger partial charge in [-0.15, -0.1) is 0 Å². The molecule has 6 nitrogen and oxygen atoms in total. The van der Waals surface area contributed by atoms with Crippen molar-refractivity contribution in [3.8, 4) is 5.75 Å². The maximum atomic E-state index is 12.0. The van der Waals surface area contributed by atoms with Gasteiger partial charge in [-0.1, -0.05) is 12.8 Å². The summed E-state index contributed by atoms with van der Waals surface area (Å²) in [7, 11) is 0. The van der Waals surface area contributed by atoms with Crippen LogP contribution in [0.15, 0.2) is 24.3 Å². The minimum Gasteiger partial charge on any atom is -0.491 e. The van der Waals surface area contributed by atoms with Crippen LogP contribution in [0.3, 0.4) is 0 Å². The van der Waals surface area contributed by atoms with E-state index in [0.29, 0.717) is 17.9 Å². The van der Waals surface area contributed by atoms with Crippen LogP contribution in [0.4, 0.5) is 0 Å². The predicted octanol–water partition coefficient (Wildman–Crippen LogP) is 2.46. The van der Waals surface area contributed by atoms with Crippen LogP contribution >= 0.6 is 0 Å². The molecule has 0 radical (unpaired) electrons. The molecule has 0 unspecified atom stereocenters. The Balaban J connectivity index is 1.39. The number of amides is 1. The first-order chi connectivity index (χ1) is 12.2. The monoisotopic (exact) mass is 347 g/mol. The summed E-state index contributed by atoms with van der Waals surface area (Å²) in [4.78, 5) is 23.8. The Morgan fingerprint density at radius 3 is 2.52 bits per heavy atom. The van der Waals surface area contributed by atoms with Crippen LogP contribution in [0.1, 0.15) is 48.9 Å². The molecule has 1 aliphatic heterocycles. The SMILES string of the molecule is O=C(COC(=O)c1ccc(OC[C@@H]2CCCO2)cc1)NC1CCCC1. The topological polar surface area (TPSA) is 73.9 Å².